The Balaban J connectivity index is 1.84. The number of amides is 1. The number of nitro groups is 1. The highest BCUT2D eigenvalue weighted by molar-refractivity contribution is 6.31. The normalized spacial score (nSPS) is 10.7. The van der Waals surface area contributed by atoms with Crippen LogP contribution in [0.4, 0.5) is 5.69 Å². The summed E-state index contributed by atoms with van der Waals surface area (Å²) in [6, 6.07) is 11.1. The number of carbonyl (C=O) groups excluding carboxylic acids is 1. The summed E-state index contributed by atoms with van der Waals surface area (Å²) in [5.41, 5.74) is 1.12. The molecule has 0 fully saturated rings. The van der Waals surface area contributed by atoms with Crippen LogP contribution < -0.4 is 5.56 Å². The lowest BCUT2D eigenvalue weighted by molar-refractivity contribution is -0.384. The smallest absolute Gasteiger partial charge is 0.269 e. The number of halogens is 1. The first-order chi connectivity index (χ1) is 12.9. The van der Waals surface area contributed by atoms with Gasteiger partial charge in [0.1, 0.15) is 6.54 Å². The number of hydrogen-bond acceptors (Lipinski definition) is 5. The Labute approximate surface area is 158 Å². The molecule has 1 aromatic heterocycles. The van der Waals surface area contributed by atoms with Crippen LogP contribution in [-0.4, -0.2) is 32.3 Å². The predicted molar refractivity (Wildman–Crippen MR) is 101 cm³/mol. The van der Waals surface area contributed by atoms with Crippen molar-refractivity contribution in [2.45, 2.75) is 13.1 Å². The summed E-state index contributed by atoms with van der Waals surface area (Å²) in [7, 11) is 1.55. The molecule has 0 aliphatic heterocycles. The molecule has 0 saturated heterocycles. The predicted octanol–water partition coefficient (Wildman–Crippen LogP) is 2.62. The third kappa shape index (κ3) is 3.95. The molecule has 8 nitrogen and oxygen atoms in total. The van der Waals surface area contributed by atoms with E-state index in [0.29, 0.717) is 21.6 Å². The number of likely N-dealkylation sites (N-methyl/N-ethyl adjacent to an activating group) is 1. The average Bonchev–Trinajstić information content (AvgIpc) is 2.65. The first-order valence-corrected chi connectivity index (χ1v) is 8.36. The van der Waals surface area contributed by atoms with Crippen molar-refractivity contribution in [2.75, 3.05) is 7.05 Å². The van der Waals surface area contributed by atoms with Crippen molar-refractivity contribution in [3.05, 3.63) is 79.7 Å². The zero-order valence-electron chi connectivity index (χ0n) is 14.3. The van der Waals surface area contributed by atoms with E-state index in [4.69, 9.17) is 11.6 Å². The van der Waals surface area contributed by atoms with Gasteiger partial charge < -0.3 is 4.90 Å². The monoisotopic (exact) mass is 386 g/mol. The minimum absolute atomic E-state index is 0.0805. The third-order valence-corrected chi connectivity index (χ3v) is 4.49. The van der Waals surface area contributed by atoms with Crippen molar-refractivity contribution in [1.29, 1.82) is 0 Å². The third-order valence-electron chi connectivity index (χ3n) is 4.12. The Morgan fingerprint density at radius 1 is 1.30 bits per heavy atom. The highest BCUT2D eigenvalue weighted by Gasteiger charge is 2.16. The Bertz CT molecular complexity index is 1100. The number of carbonyl (C=O) groups is 1. The van der Waals surface area contributed by atoms with Crippen molar-refractivity contribution in [1.82, 2.24) is 14.5 Å². The van der Waals surface area contributed by atoms with E-state index in [1.54, 1.807) is 31.3 Å². The highest BCUT2D eigenvalue weighted by Crippen LogP contribution is 2.23. The van der Waals surface area contributed by atoms with E-state index in [-0.39, 0.29) is 30.2 Å². The number of aromatic nitrogens is 2. The molecule has 0 unspecified atom stereocenters. The second-order valence-electron chi connectivity index (χ2n) is 5.95. The molecule has 3 rings (SSSR count). The molecule has 0 radical (unpaired) electrons. The lowest BCUT2D eigenvalue weighted by Crippen LogP contribution is -2.33. The molecule has 27 heavy (non-hydrogen) atoms. The van der Waals surface area contributed by atoms with Gasteiger partial charge in [-0.15, -0.1) is 0 Å². The van der Waals surface area contributed by atoms with Gasteiger partial charge in [-0.1, -0.05) is 23.7 Å². The average molecular weight is 387 g/mol. The zero-order chi connectivity index (χ0) is 19.6. The van der Waals surface area contributed by atoms with Gasteiger partial charge in [-0.3, -0.25) is 24.3 Å². The SMILES string of the molecule is CN(Cc1cc([N+](=O)[O-])ccc1Cl)C(=O)Cn1c(=O)cnc2ccccc21. The number of nitro benzene ring substituents is 1. The van der Waals surface area contributed by atoms with Gasteiger partial charge in [0.05, 0.1) is 22.2 Å². The Morgan fingerprint density at radius 2 is 2.04 bits per heavy atom. The fourth-order valence-corrected chi connectivity index (χ4v) is 2.85. The first-order valence-electron chi connectivity index (χ1n) is 7.98. The fraction of sp³-hybridized carbons (Fsp3) is 0.167. The highest BCUT2D eigenvalue weighted by atomic mass is 35.5. The van der Waals surface area contributed by atoms with Gasteiger partial charge in [-0.2, -0.15) is 0 Å². The molecular formula is C18H15ClN4O4. The van der Waals surface area contributed by atoms with Crippen molar-refractivity contribution >= 4 is 34.2 Å². The molecule has 0 atom stereocenters. The summed E-state index contributed by atoms with van der Waals surface area (Å²) in [6.45, 7) is -0.0952. The van der Waals surface area contributed by atoms with E-state index in [2.05, 4.69) is 4.98 Å². The summed E-state index contributed by atoms with van der Waals surface area (Å²) in [5, 5.41) is 11.3. The van der Waals surface area contributed by atoms with Crippen LogP contribution in [0.5, 0.6) is 0 Å². The molecule has 3 aromatic rings. The number of hydrogen-bond donors (Lipinski definition) is 0. The van der Waals surface area contributed by atoms with Gasteiger partial charge in [-0.25, -0.2) is 4.98 Å². The van der Waals surface area contributed by atoms with E-state index in [0.717, 1.165) is 0 Å². The summed E-state index contributed by atoms with van der Waals surface area (Å²) < 4.78 is 1.34. The second-order valence-corrected chi connectivity index (χ2v) is 6.36. The number of fused-ring (bicyclic) bond motifs is 1. The largest absolute Gasteiger partial charge is 0.340 e. The molecule has 1 amide bonds. The number of benzene rings is 2. The van der Waals surface area contributed by atoms with Crippen LogP contribution in [-0.2, 0) is 17.9 Å². The van der Waals surface area contributed by atoms with Crippen LogP contribution >= 0.6 is 11.6 Å². The molecule has 0 aliphatic carbocycles. The number of rotatable bonds is 5. The summed E-state index contributed by atoms with van der Waals surface area (Å²) in [5.74, 6) is -0.337. The number of nitrogens with zero attached hydrogens (tertiary/aromatic N) is 4. The lowest BCUT2D eigenvalue weighted by atomic mass is 10.2. The Morgan fingerprint density at radius 3 is 2.78 bits per heavy atom. The van der Waals surface area contributed by atoms with E-state index in [1.165, 1.54) is 33.9 Å². The molecule has 0 spiro atoms. The molecule has 2 aromatic carbocycles. The summed E-state index contributed by atoms with van der Waals surface area (Å²) >= 11 is 6.09. The van der Waals surface area contributed by atoms with Crippen LogP contribution in [0.2, 0.25) is 5.02 Å². The van der Waals surface area contributed by atoms with Crippen LogP contribution in [0.15, 0.2) is 53.5 Å². The van der Waals surface area contributed by atoms with Gasteiger partial charge in [0.2, 0.25) is 5.91 Å². The van der Waals surface area contributed by atoms with Crippen LogP contribution in [0, 0.1) is 10.1 Å². The Hall–Kier alpha value is -3.26. The Kier molecular flexibility index (Phi) is 5.18. The van der Waals surface area contributed by atoms with Crippen molar-refractivity contribution in [3.63, 3.8) is 0 Å². The molecular weight excluding hydrogens is 372 g/mol. The number of non-ortho nitro benzene ring substituents is 1. The van der Waals surface area contributed by atoms with Gasteiger partial charge in [-0.05, 0) is 23.8 Å². The molecule has 138 valence electrons. The van der Waals surface area contributed by atoms with Crippen LogP contribution in [0.3, 0.4) is 0 Å². The van der Waals surface area contributed by atoms with Gasteiger partial charge in [0.25, 0.3) is 11.2 Å². The van der Waals surface area contributed by atoms with Crippen LogP contribution in [0.25, 0.3) is 11.0 Å². The van der Waals surface area contributed by atoms with Crippen molar-refractivity contribution in [3.8, 4) is 0 Å². The van der Waals surface area contributed by atoms with E-state index in [1.807, 2.05) is 0 Å². The summed E-state index contributed by atoms with van der Waals surface area (Å²) in [4.78, 5) is 40.6. The maximum Gasteiger partial charge on any atom is 0.269 e. The van der Waals surface area contributed by atoms with Gasteiger partial charge in [0.15, 0.2) is 0 Å². The second kappa shape index (κ2) is 7.55. The van der Waals surface area contributed by atoms with Crippen LogP contribution in [0.1, 0.15) is 5.56 Å². The minimum Gasteiger partial charge on any atom is -0.340 e. The number of para-hydroxylation sites is 2. The van der Waals surface area contributed by atoms with Gasteiger partial charge in [0, 0.05) is 30.7 Å². The molecule has 0 N–H and O–H groups in total. The molecule has 0 aliphatic rings. The maximum absolute atomic E-state index is 12.6. The topological polar surface area (TPSA) is 98.3 Å². The van der Waals surface area contributed by atoms with Crippen molar-refractivity contribution < 1.29 is 9.72 Å². The molecule has 0 saturated carbocycles. The quantitative estimate of drug-likeness (QED) is 0.495. The van der Waals surface area contributed by atoms with E-state index < -0.39 is 4.92 Å². The summed E-state index contributed by atoms with van der Waals surface area (Å²) in [6.07, 6.45) is 1.17. The lowest BCUT2D eigenvalue weighted by Gasteiger charge is -2.19. The fourth-order valence-electron chi connectivity index (χ4n) is 2.67. The standard InChI is InChI=1S/C18H15ClN4O4/c1-21(10-12-8-13(23(26)27)6-7-14(12)19)18(25)11-22-16-5-3-2-4-15(16)20-9-17(22)24/h2-9H,10-11H2,1H3. The molecule has 9 heteroatoms. The van der Waals surface area contributed by atoms with E-state index in [9.17, 15) is 19.7 Å². The van der Waals surface area contributed by atoms with Crippen molar-refractivity contribution in [2.24, 2.45) is 0 Å². The van der Waals surface area contributed by atoms with Gasteiger partial charge >= 0.3 is 0 Å². The molecule has 0 bridgehead atoms. The van der Waals surface area contributed by atoms with E-state index >= 15 is 0 Å². The molecule has 1 heterocycles. The first kappa shape index (κ1) is 18.5. The minimum atomic E-state index is -0.523. The maximum atomic E-state index is 12.6. The zero-order valence-corrected chi connectivity index (χ0v) is 15.1.